The average Bonchev–Trinajstić information content (AvgIpc) is 2.77. The summed E-state index contributed by atoms with van der Waals surface area (Å²) in [6.07, 6.45) is 3.37. The van der Waals surface area contributed by atoms with E-state index in [1.54, 1.807) is 6.07 Å². The molecule has 0 aliphatic carbocycles. The van der Waals surface area contributed by atoms with Crippen LogP contribution in [0, 0.1) is 5.92 Å². The standard InChI is InChI=1S/C24H26N2O5S/c1-4-8-14(9-7-12-26(2)3)20(27)15-13-17-21(31-24(29)23(28)30-17)19-22(15)32-18-11-6-5-10-16(18)25-19/h5-6,10-11,13-14,25H,4,7-9,12H2,1-3H3. The Bertz CT molecular complexity index is 1280. The van der Waals surface area contributed by atoms with E-state index in [9.17, 15) is 14.4 Å². The topological polar surface area (TPSA) is 92.8 Å². The lowest BCUT2D eigenvalue weighted by Gasteiger charge is -2.24. The molecule has 2 aromatic carbocycles. The summed E-state index contributed by atoms with van der Waals surface area (Å²) in [4.78, 5) is 41.2. The second-order valence-electron chi connectivity index (χ2n) is 8.25. The number of fused-ring (bicyclic) bond motifs is 4. The van der Waals surface area contributed by atoms with Crippen LogP contribution in [0.15, 0.2) is 58.5 Å². The SMILES string of the molecule is CCCC(CCCN(C)C)C(=O)c1cc2oc(=O)c(=O)oc2c2c1Sc1ccccc1N2. The summed E-state index contributed by atoms with van der Waals surface area (Å²) in [6.45, 7) is 2.98. The molecule has 32 heavy (non-hydrogen) atoms. The van der Waals surface area contributed by atoms with Gasteiger partial charge >= 0.3 is 11.3 Å². The molecule has 1 atom stereocenters. The van der Waals surface area contributed by atoms with Gasteiger partial charge in [-0.1, -0.05) is 37.2 Å². The predicted molar refractivity (Wildman–Crippen MR) is 125 cm³/mol. The molecule has 1 aliphatic rings. The fraction of sp³-hybridized carbons (Fsp3) is 0.375. The van der Waals surface area contributed by atoms with Crippen LogP contribution in [0.3, 0.4) is 0 Å². The van der Waals surface area contributed by atoms with Crippen LogP contribution < -0.4 is 16.6 Å². The van der Waals surface area contributed by atoms with Crippen LogP contribution in [-0.2, 0) is 0 Å². The van der Waals surface area contributed by atoms with Crippen molar-refractivity contribution in [3.8, 4) is 0 Å². The molecule has 0 amide bonds. The summed E-state index contributed by atoms with van der Waals surface area (Å²) in [5.74, 6) is -0.118. The highest BCUT2D eigenvalue weighted by atomic mass is 32.2. The molecule has 7 nitrogen and oxygen atoms in total. The molecule has 168 valence electrons. The second kappa shape index (κ2) is 9.34. The summed E-state index contributed by atoms with van der Waals surface area (Å²) in [5.41, 5.74) is -0.122. The Morgan fingerprint density at radius 2 is 1.88 bits per heavy atom. The van der Waals surface area contributed by atoms with E-state index >= 15 is 0 Å². The lowest BCUT2D eigenvalue weighted by Crippen LogP contribution is -2.23. The van der Waals surface area contributed by atoms with Crippen LogP contribution in [0.1, 0.15) is 43.0 Å². The van der Waals surface area contributed by atoms with Crippen molar-refractivity contribution in [1.29, 1.82) is 0 Å². The van der Waals surface area contributed by atoms with Gasteiger partial charge in [-0.15, -0.1) is 0 Å². The zero-order chi connectivity index (χ0) is 22.8. The molecule has 0 saturated carbocycles. The van der Waals surface area contributed by atoms with Crippen molar-refractivity contribution in [3.05, 3.63) is 56.7 Å². The number of carbonyl (C=O) groups excluding carboxylic acids is 1. The number of hydrogen-bond donors (Lipinski definition) is 1. The van der Waals surface area contributed by atoms with E-state index in [0.717, 1.165) is 42.8 Å². The van der Waals surface area contributed by atoms with Gasteiger partial charge < -0.3 is 19.1 Å². The van der Waals surface area contributed by atoms with Crippen molar-refractivity contribution in [2.24, 2.45) is 5.92 Å². The molecule has 0 spiro atoms. The van der Waals surface area contributed by atoms with Crippen molar-refractivity contribution in [1.82, 2.24) is 4.90 Å². The Morgan fingerprint density at radius 1 is 1.12 bits per heavy atom. The van der Waals surface area contributed by atoms with E-state index in [1.807, 2.05) is 38.4 Å². The van der Waals surface area contributed by atoms with Crippen LogP contribution in [0.2, 0.25) is 0 Å². The van der Waals surface area contributed by atoms with Gasteiger partial charge in [-0.2, -0.15) is 0 Å². The largest absolute Gasteiger partial charge is 0.423 e. The number of nitrogens with one attached hydrogen (secondary N) is 1. The van der Waals surface area contributed by atoms with E-state index in [0.29, 0.717) is 16.1 Å². The van der Waals surface area contributed by atoms with E-state index < -0.39 is 11.3 Å². The highest BCUT2D eigenvalue weighted by Gasteiger charge is 2.30. The van der Waals surface area contributed by atoms with Gasteiger partial charge in [-0.25, -0.2) is 9.59 Å². The molecule has 1 unspecified atom stereocenters. The first-order valence-corrected chi connectivity index (χ1v) is 11.6. The number of rotatable bonds is 8. The molecule has 8 heteroatoms. The maximum Gasteiger partial charge on any atom is 0.423 e. The predicted octanol–water partition coefficient (Wildman–Crippen LogP) is 4.90. The smallest absolute Gasteiger partial charge is 0.414 e. The van der Waals surface area contributed by atoms with Gasteiger partial charge in [0.2, 0.25) is 0 Å². The number of carbonyl (C=O) groups is 1. The maximum atomic E-state index is 13.7. The quantitative estimate of drug-likeness (QED) is 0.297. The fourth-order valence-electron chi connectivity index (χ4n) is 4.01. The first kappa shape index (κ1) is 22.4. The summed E-state index contributed by atoms with van der Waals surface area (Å²) < 4.78 is 10.5. The summed E-state index contributed by atoms with van der Waals surface area (Å²) in [7, 11) is 4.04. The molecule has 1 aliphatic heterocycles. The van der Waals surface area contributed by atoms with Gasteiger partial charge in [-0.05, 0) is 58.1 Å². The van der Waals surface area contributed by atoms with Gasteiger partial charge in [0.25, 0.3) is 0 Å². The van der Waals surface area contributed by atoms with Crippen molar-refractivity contribution in [2.75, 3.05) is 26.0 Å². The lowest BCUT2D eigenvalue weighted by molar-refractivity contribution is 0.0899. The number of anilines is 2. The molecule has 0 bridgehead atoms. The normalized spacial score (nSPS) is 13.5. The molecule has 0 fully saturated rings. The Labute approximate surface area is 189 Å². The van der Waals surface area contributed by atoms with Crippen molar-refractivity contribution in [2.45, 2.75) is 42.4 Å². The van der Waals surface area contributed by atoms with E-state index in [1.165, 1.54) is 11.8 Å². The number of Topliss-reactive ketones (excluding diaryl/α,β-unsaturated/α-hetero) is 1. The zero-order valence-electron chi connectivity index (χ0n) is 18.4. The monoisotopic (exact) mass is 454 g/mol. The molecule has 1 N–H and O–H groups in total. The Balaban J connectivity index is 1.83. The summed E-state index contributed by atoms with van der Waals surface area (Å²) in [5, 5.41) is 3.28. The van der Waals surface area contributed by atoms with Gasteiger partial charge in [0.15, 0.2) is 16.9 Å². The van der Waals surface area contributed by atoms with Gasteiger partial charge in [0.1, 0.15) is 5.69 Å². The van der Waals surface area contributed by atoms with Gasteiger partial charge in [0, 0.05) is 16.4 Å². The van der Waals surface area contributed by atoms with Crippen LogP contribution in [0.5, 0.6) is 0 Å². The van der Waals surface area contributed by atoms with Crippen molar-refractivity contribution in [3.63, 3.8) is 0 Å². The van der Waals surface area contributed by atoms with Crippen molar-refractivity contribution >= 4 is 40.1 Å². The van der Waals surface area contributed by atoms with Crippen LogP contribution in [0.25, 0.3) is 11.2 Å². The Morgan fingerprint density at radius 3 is 2.62 bits per heavy atom. The fourth-order valence-corrected chi connectivity index (χ4v) is 5.12. The molecular weight excluding hydrogens is 428 g/mol. The second-order valence-corrected chi connectivity index (χ2v) is 9.31. The zero-order valence-corrected chi connectivity index (χ0v) is 19.2. The first-order valence-electron chi connectivity index (χ1n) is 10.8. The third kappa shape index (κ3) is 4.38. The van der Waals surface area contributed by atoms with E-state index in [2.05, 4.69) is 17.1 Å². The number of hydrogen-bond acceptors (Lipinski definition) is 8. The van der Waals surface area contributed by atoms with Gasteiger partial charge in [-0.3, -0.25) is 4.79 Å². The van der Waals surface area contributed by atoms with Crippen LogP contribution in [0.4, 0.5) is 11.4 Å². The number of para-hydroxylation sites is 1. The third-order valence-corrected chi connectivity index (χ3v) is 6.76. The summed E-state index contributed by atoms with van der Waals surface area (Å²) >= 11 is 1.45. The maximum absolute atomic E-state index is 13.7. The lowest BCUT2D eigenvalue weighted by atomic mass is 9.89. The highest BCUT2D eigenvalue weighted by Crippen LogP contribution is 2.49. The van der Waals surface area contributed by atoms with Crippen LogP contribution in [-0.4, -0.2) is 31.3 Å². The Hall–Kier alpha value is -2.84. The number of ketones is 1. The highest BCUT2D eigenvalue weighted by molar-refractivity contribution is 7.99. The number of benzene rings is 2. The Kier molecular flexibility index (Phi) is 6.53. The molecule has 3 aromatic rings. The summed E-state index contributed by atoms with van der Waals surface area (Å²) in [6, 6.07) is 9.26. The van der Waals surface area contributed by atoms with Crippen LogP contribution >= 0.6 is 11.8 Å². The molecule has 0 radical (unpaired) electrons. The van der Waals surface area contributed by atoms with Gasteiger partial charge in [0.05, 0.1) is 10.6 Å². The van der Waals surface area contributed by atoms with Crippen molar-refractivity contribution < 1.29 is 13.6 Å². The third-order valence-electron chi connectivity index (χ3n) is 5.55. The minimum atomic E-state index is -1.09. The first-order chi connectivity index (χ1) is 15.4. The van der Waals surface area contributed by atoms with E-state index in [-0.39, 0.29) is 22.9 Å². The molecule has 0 saturated heterocycles. The average molecular weight is 455 g/mol. The minimum Gasteiger partial charge on any atom is -0.414 e. The molecule has 4 rings (SSSR count). The molecule has 1 aromatic heterocycles. The molecule has 2 heterocycles. The van der Waals surface area contributed by atoms with E-state index in [4.69, 9.17) is 8.83 Å². The molecular formula is C24H26N2O5S. The number of nitrogens with zero attached hydrogens (tertiary/aromatic N) is 1. The minimum absolute atomic E-state index is 0.0197.